The first-order valence-corrected chi connectivity index (χ1v) is 6.65. The van der Waals surface area contributed by atoms with Gasteiger partial charge in [0.15, 0.2) is 0 Å². The summed E-state index contributed by atoms with van der Waals surface area (Å²) in [5.41, 5.74) is 0.202. The maximum atomic E-state index is 12.1. The monoisotopic (exact) mass is 315 g/mol. The van der Waals surface area contributed by atoms with E-state index in [-0.39, 0.29) is 11.4 Å². The van der Waals surface area contributed by atoms with Crippen LogP contribution in [0.25, 0.3) is 0 Å². The van der Waals surface area contributed by atoms with Gasteiger partial charge < -0.3 is 14.8 Å². The van der Waals surface area contributed by atoms with E-state index in [0.717, 1.165) is 0 Å². The van der Waals surface area contributed by atoms with Gasteiger partial charge in [-0.2, -0.15) is 0 Å². The fourth-order valence-electron chi connectivity index (χ4n) is 1.35. The Hall–Kier alpha value is -1.23. The van der Waals surface area contributed by atoms with Crippen LogP contribution >= 0.6 is 15.9 Å². The maximum absolute atomic E-state index is 12.1. The lowest BCUT2D eigenvalue weighted by Gasteiger charge is -2.23. The average Bonchev–Trinajstić information content (AvgIpc) is 2.37. The maximum Gasteiger partial charge on any atom is 0.251 e. The molecule has 0 radical (unpaired) electrons. The number of hydrogen-bond acceptors (Lipinski definition) is 3. The number of carbonyl (C=O) groups is 1. The van der Waals surface area contributed by atoms with Crippen molar-refractivity contribution in [2.45, 2.75) is 19.4 Å². The van der Waals surface area contributed by atoms with Gasteiger partial charge in [0.25, 0.3) is 5.91 Å². The molecular formula is C13H18BrNO3. The van der Waals surface area contributed by atoms with Crippen molar-refractivity contribution in [1.29, 1.82) is 0 Å². The van der Waals surface area contributed by atoms with Crippen LogP contribution in [0.15, 0.2) is 18.2 Å². The first-order chi connectivity index (χ1) is 8.41. The third kappa shape index (κ3) is 3.91. The highest BCUT2D eigenvalue weighted by Gasteiger charge is 2.20. The predicted molar refractivity (Wildman–Crippen MR) is 74.9 cm³/mol. The van der Waals surface area contributed by atoms with E-state index in [1.165, 1.54) is 0 Å². The lowest BCUT2D eigenvalue weighted by Crippen LogP contribution is -2.44. The molecule has 0 fully saturated rings. The van der Waals surface area contributed by atoms with E-state index in [0.29, 0.717) is 22.4 Å². The lowest BCUT2D eigenvalue weighted by atomic mass is 10.1. The highest BCUT2D eigenvalue weighted by molar-refractivity contribution is 9.09. The summed E-state index contributed by atoms with van der Waals surface area (Å²) in [5, 5.41) is 3.60. The number of amides is 1. The molecule has 0 heterocycles. The minimum atomic E-state index is -0.312. The van der Waals surface area contributed by atoms with E-state index < -0.39 is 0 Å². The summed E-state index contributed by atoms with van der Waals surface area (Å²) in [6.07, 6.45) is 0. The molecule has 1 N–H and O–H groups in total. The SMILES string of the molecule is COc1cc(OC)cc(C(=O)NC(C)(C)CBr)c1. The van der Waals surface area contributed by atoms with Crippen LogP contribution in [0.2, 0.25) is 0 Å². The summed E-state index contributed by atoms with van der Waals surface area (Å²) >= 11 is 3.36. The van der Waals surface area contributed by atoms with Crippen molar-refractivity contribution in [1.82, 2.24) is 5.32 Å². The smallest absolute Gasteiger partial charge is 0.251 e. The van der Waals surface area contributed by atoms with Crippen LogP contribution in [-0.4, -0.2) is 31.0 Å². The first-order valence-electron chi connectivity index (χ1n) is 5.53. The Morgan fingerprint density at radius 3 is 2.11 bits per heavy atom. The van der Waals surface area contributed by atoms with E-state index in [4.69, 9.17) is 9.47 Å². The zero-order valence-electron chi connectivity index (χ0n) is 11.0. The Balaban J connectivity index is 2.98. The molecule has 1 aromatic rings. The minimum Gasteiger partial charge on any atom is -0.497 e. The van der Waals surface area contributed by atoms with E-state index in [9.17, 15) is 4.79 Å². The van der Waals surface area contributed by atoms with Crippen LogP contribution < -0.4 is 14.8 Å². The summed E-state index contributed by atoms with van der Waals surface area (Å²) in [6.45, 7) is 3.88. The molecular weight excluding hydrogens is 298 g/mol. The van der Waals surface area contributed by atoms with Crippen LogP contribution in [-0.2, 0) is 0 Å². The number of nitrogens with one attached hydrogen (secondary N) is 1. The largest absolute Gasteiger partial charge is 0.497 e. The molecule has 1 amide bonds. The third-order valence-corrected chi connectivity index (χ3v) is 3.80. The van der Waals surface area contributed by atoms with Crippen molar-refractivity contribution >= 4 is 21.8 Å². The summed E-state index contributed by atoms with van der Waals surface area (Å²) in [5.74, 6) is 1.03. The van der Waals surface area contributed by atoms with Crippen molar-refractivity contribution in [2.75, 3.05) is 19.5 Å². The van der Waals surface area contributed by atoms with Crippen LogP contribution in [0.4, 0.5) is 0 Å². The standard InChI is InChI=1S/C13H18BrNO3/c1-13(2,8-14)15-12(16)9-5-10(17-3)7-11(6-9)18-4/h5-7H,8H2,1-4H3,(H,15,16). The third-order valence-electron chi connectivity index (χ3n) is 2.40. The van der Waals surface area contributed by atoms with Gasteiger partial charge in [-0.05, 0) is 26.0 Å². The Bertz CT molecular complexity index is 410. The Kier molecular flexibility index (Phi) is 5.02. The lowest BCUT2D eigenvalue weighted by molar-refractivity contribution is 0.0920. The topological polar surface area (TPSA) is 47.6 Å². The van der Waals surface area contributed by atoms with E-state index >= 15 is 0 Å². The van der Waals surface area contributed by atoms with Gasteiger partial charge in [-0.3, -0.25) is 4.79 Å². The van der Waals surface area contributed by atoms with Gasteiger partial charge in [0.1, 0.15) is 11.5 Å². The summed E-state index contributed by atoms with van der Waals surface area (Å²) in [6, 6.07) is 5.09. The number of rotatable bonds is 5. The predicted octanol–water partition coefficient (Wildman–Crippen LogP) is 2.61. The van der Waals surface area contributed by atoms with Gasteiger partial charge in [0.2, 0.25) is 0 Å². The fraction of sp³-hybridized carbons (Fsp3) is 0.462. The second kappa shape index (κ2) is 6.09. The number of benzene rings is 1. The van der Waals surface area contributed by atoms with E-state index in [2.05, 4.69) is 21.2 Å². The highest BCUT2D eigenvalue weighted by Crippen LogP contribution is 2.23. The molecule has 0 aliphatic rings. The number of alkyl halides is 1. The summed E-state index contributed by atoms with van der Waals surface area (Å²) in [7, 11) is 3.11. The van der Waals surface area contributed by atoms with Crippen LogP contribution in [0.5, 0.6) is 11.5 Å². The second-order valence-electron chi connectivity index (χ2n) is 4.57. The zero-order valence-corrected chi connectivity index (χ0v) is 12.6. The van der Waals surface area contributed by atoms with Crippen molar-refractivity contribution in [2.24, 2.45) is 0 Å². The van der Waals surface area contributed by atoms with Gasteiger partial charge >= 0.3 is 0 Å². The normalized spacial score (nSPS) is 10.9. The quantitative estimate of drug-likeness (QED) is 0.850. The molecule has 100 valence electrons. The molecule has 0 aliphatic heterocycles. The highest BCUT2D eigenvalue weighted by atomic mass is 79.9. The number of halogens is 1. The van der Waals surface area contributed by atoms with Crippen molar-refractivity contribution in [3.05, 3.63) is 23.8 Å². The first kappa shape index (κ1) is 14.8. The molecule has 18 heavy (non-hydrogen) atoms. The molecule has 0 saturated heterocycles. The molecule has 1 aromatic carbocycles. The van der Waals surface area contributed by atoms with Gasteiger partial charge in [-0.1, -0.05) is 15.9 Å². The molecule has 0 aliphatic carbocycles. The number of hydrogen-bond donors (Lipinski definition) is 1. The molecule has 1 rings (SSSR count). The molecule has 0 spiro atoms. The molecule has 0 unspecified atom stereocenters. The molecule has 0 bridgehead atoms. The molecule has 4 nitrogen and oxygen atoms in total. The zero-order chi connectivity index (χ0) is 13.8. The van der Waals surface area contributed by atoms with E-state index in [1.807, 2.05) is 13.8 Å². The number of carbonyl (C=O) groups excluding carboxylic acids is 1. The number of ether oxygens (including phenoxy) is 2. The molecule has 0 saturated carbocycles. The van der Waals surface area contributed by atoms with Crippen molar-refractivity contribution in [3.63, 3.8) is 0 Å². The Labute approximate surface area is 116 Å². The van der Waals surface area contributed by atoms with Gasteiger partial charge in [0.05, 0.1) is 14.2 Å². The van der Waals surface area contributed by atoms with Gasteiger partial charge in [-0.25, -0.2) is 0 Å². The Morgan fingerprint density at radius 2 is 1.72 bits per heavy atom. The molecule has 0 aromatic heterocycles. The molecule has 0 atom stereocenters. The van der Waals surface area contributed by atoms with Crippen LogP contribution in [0, 0.1) is 0 Å². The second-order valence-corrected chi connectivity index (χ2v) is 5.13. The summed E-state index contributed by atoms with van der Waals surface area (Å²) < 4.78 is 10.3. The fourth-order valence-corrected chi connectivity index (χ4v) is 1.49. The minimum absolute atomic E-state index is 0.156. The number of methoxy groups -OCH3 is 2. The van der Waals surface area contributed by atoms with Crippen LogP contribution in [0.1, 0.15) is 24.2 Å². The van der Waals surface area contributed by atoms with Crippen LogP contribution in [0.3, 0.4) is 0 Å². The van der Waals surface area contributed by atoms with Gasteiger partial charge in [0, 0.05) is 22.5 Å². The molecule has 5 heteroatoms. The van der Waals surface area contributed by atoms with E-state index in [1.54, 1.807) is 32.4 Å². The summed E-state index contributed by atoms with van der Waals surface area (Å²) in [4.78, 5) is 12.1. The van der Waals surface area contributed by atoms with Crippen molar-refractivity contribution < 1.29 is 14.3 Å². The Morgan fingerprint density at radius 1 is 1.22 bits per heavy atom. The average molecular weight is 316 g/mol. The van der Waals surface area contributed by atoms with Gasteiger partial charge in [-0.15, -0.1) is 0 Å². The van der Waals surface area contributed by atoms with Crippen molar-refractivity contribution in [3.8, 4) is 11.5 Å².